The van der Waals surface area contributed by atoms with Crippen molar-refractivity contribution in [1.82, 2.24) is 4.98 Å². The summed E-state index contributed by atoms with van der Waals surface area (Å²) in [5.41, 5.74) is 0.283. The number of rotatable bonds is 4. The molecule has 0 aliphatic rings. The van der Waals surface area contributed by atoms with E-state index in [9.17, 15) is 13.2 Å². The summed E-state index contributed by atoms with van der Waals surface area (Å²) in [6.45, 7) is 0. The maximum absolute atomic E-state index is 12.0. The summed E-state index contributed by atoms with van der Waals surface area (Å²) >= 11 is 3.97. The Bertz CT molecular complexity index is 727. The SMILES string of the molecule is O=C(O)c1cc(S(=O)(=O)Nc2cccnc2Br)cs1. The molecule has 6 nitrogen and oxygen atoms in total. The minimum atomic E-state index is -3.82. The van der Waals surface area contributed by atoms with Gasteiger partial charge in [-0.15, -0.1) is 11.3 Å². The van der Waals surface area contributed by atoms with Crippen LogP contribution in [-0.4, -0.2) is 24.5 Å². The van der Waals surface area contributed by atoms with Gasteiger partial charge in [0.05, 0.1) is 10.6 Å². The predicted octanol–water partition coefficient (Wildman–Crippen LogP) is 2.40. The second-order valence-corrected chi connectivity index (χ2v) is 6.74. The first-order chi connectivity index (χ1) is 8.90. The molecular weight excluding hydrogens is 356 g/mol. The number of thiophene rings is 1. The van der Waals surface area contributed by atoms with Gasteiger partial charge in [0.1, 0.15) is 9.48 Å². The molecule has 0 aromatic carbocycles. The number of carboxylic acids is 1. The van der Waals surface area contributed by atoms with Gasteiger partial charge in [0.15, 0.2) is 0 Å². The molecule has 9 heteroatoms. The second-order valence-electron chi connectivity index (χ2n) is 3.40. The molecule has 0 bridgehead atoms. The Morgan fingerprint density at radius 1 is 1.47 bits per heavy atom. The number of nitrogens with one attached hydrogen (secondary N) is 1. The molecule has 0 unspecified atom stereocenters. The molecule has 0 spiro atoms. The third-order valence-corrected chi connectivity index (χ3v) is 5.14. The smallest absolute Gasteiger partial charge is 0.345 e. The van der Waals surface area contributed by atoms with Gasteiger partial charge in [-0.25, -0.2) is 18.2 Å². The molecule has 2 rings (SSSR count). The van der Waals surface area contributed by atoms with Crippen molar-refractivity contribution in [3.63, 3.8) is 0 Å². The van der Waals surface area contributed by atoms with E-state index in [4.69, 9.17) is 5.11 Å². The highest BCUT2D eigenvalue weighted by Gasteiger charge is 2.19. The van der Waals surface area contributed by atoms with E-state index in [0.717, 1.165) is 17.4 Å². The number of pyridine rings is 1. The molecule has 0 fully saturated rings. The maximum Gasteiger partial charge on any atom is 0.345 e. The summed E-state index contributed by atoms with van der Waals surface area (Å²) in [6, 6.07) is 4.23. The van der Waals surface area contributed by atoms with E-state index in [0.29, 0.717) is 4.60 Å². The Balaban J connectivity index is 2.32. The Labute approximate surface area is 121 Å². The number of carboxylic acid groups (broad SMARTS) is 1. The maximum atomic E-state index is 12.0. The quantitative estimate of drug-likeness (QED) is 0.814. The summed E-state index contributed by atoms with van der Waals surface area (Å²) in [7, 11) is -3.82. The van der Waals surface area contributed by atoms with Gasteiger partial charge >= 0.3 is 5.97 Å². The van der Waals surface area contributed by atoms with Crippen LogP contribution in [0.4, 0.5) is 5.69 Å². The number of sulfonamides is 1. The van der Waals surface area contributed by atoms with E-state index in [2.05, 4.69) is 25.6 Å². The summed E-state index contributed by atoms with van der Waals surface area (Å²) in [5, 5.41) is 10.0. The van der Waals surface area contributed by atoms with Crippen molar-refractivity contribution < 1.29 is 18.3 Å². The van der Waals surface area contributed by atoms with Crippen LogP contribution >= 0.6 is 27.3 Å². The molecule has 2 N–H and O–H groups in total. The monoisotopic (exact) mass is 362 g/mol. The van der Waals surface area contributed by atoms with Gasteiger partial charge < -0.3 is 5.11 Å². The van der Waals surface area contributed by atoms with Gasteiger partial charge in [-0.1, -0.05) is 0 Å². The fourth-order valence-electron chi connectivity index (χ4n) is 1.24. The molecule has 19 heavy (non-hydrogen) atoms. The molecule has 100 valence electrons. The Kier molecular flexibility index (Phi) is 3.88. The Morgan fingerprint density at radius 2 is 2.21 bits per heavy atom. The van der Waals surface area contributed by atoms with E-state index >= 15 is 0 Å². The van der Waals surface area contributed by atoms with Crippen molar-refractivity contribution >= 4 is 48.9 Å². The summed E-state index contributed by atoms with van der Waals surface area (Å²) in [6.07, 6.45) is 1.51. The standard InChI is InChI=1S/C10H7BrN2O4S2/c11-9-7(2-1-3-12-9)13-19(16,17)6-4-8(10(14)15)18-5-6/h1-5,13H,(H,14,15). The molecule has 0 radical (unpaired) electrons. The van der Waals surface area contributed by atoms with E-state index in [-0.39, 0.29) is 15.5 Å². The lowest BCUT2D eigenvalue weighted by Crippen LogP contribution is -2.12. The second kappa shape index (κ2) is 5.27. The van der Waals surface area contributed by atoms with Crippen LogP contribution in [0.2, 0.25) is 0 Å². The molecule has 2 aromatic rings. The molecule has 0 amide bonds. The lowest BCUT2D eigenvalue weighted by Gasteiger charge is -2.07. The van der Waals surface area contributed by atoms with Gasteiger partial charge in [-0.05, 0) is 34.1 Å². The molecule has 0 aliphatic heterocycles. The van der Waals surface area contributed by atoms with Gasteiger partial charge in [0.2, 0.25) is 0 Å². The number of hydrogen-bond donors (Lipinski definition) is 2. The van der Waals surface area contributed by atoms with E-state index in [1.165, 1.54) is 11.6 Å². The van der Waals surface area contributed by atoms with Gasteiger partial charge in [0, 0.05) is 11.6 Å². The number of nitrogens with zero attached hydrogens (tertiary/aromatic N) is 1. The van der Waals surface area contributed by atoms with Crippen molar-refractivity contribution in [2.24, 2.45) is 0 Å². The van der Waals surface area contributed by atoms with E-state index in [1.54, 1.807) is 12.1 Å². The first-order valence-electron chi connectivity index (χ1n) is 4.85. The molecule has 0 atom stereocenters. The van der Waals surface area contributed by atoms with Crippen LogP contribution in [0.15, 0.2) is 39.3 Å². The topological polar surface area (TPSA) is 96.4 Å². The van der Waals surface area contributed by atoms with Gasteiger partial charge in [-0.2, -0.15) is 0 Å². The first kappa shape index (κ1) is 14.0. The summed E-state index contributed by atoms with van der Waals surface area (Å²) in [5.74, 6) is -1.16. The average Bonchev–Trinajstić information content (AvgIpc) is 2.82. The average molecular weight is 363 g/mol. The third kappa shape index (κ3) is 3.11. The largest absolute Gasteiger partial charge is 0.477 e. The summed E-state index contributed by atoms with van der Waals surface area (Å²) in [4.78, 5) is 14.5. The van der Waals surface area contributed by atoms with Crippen molar-refractivity contribution in [1.29, 1.82) is 0 Å². The van der Waals surface area contributed by atoms with Crippen LogP contribution in [0.5, 0.6) is 0 Å². The lowest BCUT2D eigenvalue weighted by molar-refractivity contribution is 0.0702. The third-order valence-electron chi connectivity index (χ3n) is 2.10. The minimum Gasteiger partial charge on any atom is -0.477 e. The fourth-order valence-corrected chi connectivity index (χ4v) is 3.90. The predicted molar refractivity (Wildman–Crippen MR) is 74.0 cm³/mol. The van der Waals surface area contributed by atoms with Crippen molar-refractivity contribution in [3.05, 3.63) is 39.3 Å². The normalized spacial score (nSPS) is 11.2. The molecular formula is C10H7BrN2O4S2. The van der Waals surface area contributed by atoms with Gasteiger partial charge in [0.25, 0.3) is 10.0 Å². The number of aromatic carboxylic acids is 1. The van der Waals surface area contributed by atoms with Crippen LogP contribution in [0.25, 0.3) is 0 Å². The Morgan fingerprint density at radius 3 is 2.79 bits per heavy atom. The van der Waals surface area contributed by atoms with Crippen molar-refractivity contribution in [3.8, 4) is 0 Å². The van der Waals surface area contributed by atoms with Crippen LogP contribution in [-0.2, 0) is 10.0 Å². The first-order valence-corrected chi connectivity index (χ1v) is 8.01. The zero-order valence-electron chi connectivity index (χ0n) is 9.20. The van der Waals surface area contributed by atoms with Crippen molar-refractivity contribution in [2.75, 3.05) is 4.72 Å². The highest BCUT2D eigenvalue weighted by Crippen LogP contribution is 2.25. The highest BCUT2D eigenvalue weighted by molar-refractivity contribution is 9.10. The number of aromatic nitrogens is 1. The van der Waals surface area contributed by atoms with E-state index in [1.807, 2.05) is 0 Å². The number of anilines is 1. The van der Waals surface area contributed by atoms with Crippen LogP contribution in [0.1, 0.15) is 9.67 Å². The highest BCUT2D eigenvalue weighted by atomic mass is 79.9. The number of hydrogen-bond acceptors (Lipinski definition) is 5. The molecule has 0 saturated heterocycles. The van der Waals surface area contributed by atoms with Crippen LogP contribution in [0.3, 0.4) is 0 Å². The Hall–Kier alpha value is -1.45. The van der Waals surface area contributed by atoms with Crippen LogP contribution < -0.4 is 4.72 Å². The number of carbonyl (C=O) groups is 1. The zero-order chi connectivity index (χ0) is 14.0. The van der Waals surface area contributed by atoms with Crippen LogP contribution in [0, 0.1) is 0 Å². The molecule has 2 aromatic heterocycles. The molecule has 2 heterocycles. The zero-order valence-corrected chi connectivity index (χ0v) is 12.4. The fraction of sp³-hybridized carbons (Fsp3) is 0. The summed E-state index contributed by atoms with van der Waals surface area (Å²) < 4.78 is 26.8. The molecule has 0 aliphatic carbocycles. The molecule has 0 saturated carbocycles. The number of halogens is 1. The minimum absolute atomic E-state index is 0.0365. The van der Waals surface area contributed by atoms with Gasteiger partial charge in [-0.3, -0.25) is 4.72 Å². The lowest BCUT2D eigenvalue weighted by atomic mass is 10.4. The van der Waals surface area contributed by atoms with E-state index < -0.39 is 16.0 Å². The van der Waals surface area contributed by atoms with Crippen molar-refractivity contribution in [2.45, 2.75) is 4.90 Å².